The molecule has 0 fully saturated rings. The second-order valence-electron chi connectivity index (χ2n) is 6.55. The Kier molecular flexibility index (Phi) is 12.3. The number of carbonyl (C=O) groups is 1. The Morgan fingerprint density at radius 1 is 1.08 bits per heavy atom. The summed E-state index contributed by atoms with van der Waals surface area (Å²) in [4.78, 5) is 18.8. The number of nitrogens with one attached hydrogen (secondary N) is 2. The third-order valence-electron chi connectivity index (χ3n) is 4.38. The summed E-state index contributed by atoms with van der Waals surface area (Å²) in [5, 5.41) is 6.70. The molecule has 0 bridgehead atoms. The number of amides is 1. The minimum absolute atomic E-state index is 0. The highest BCUT2D eigenvalue weighted by atomic mass is 127. The van der Waals surface area contributed by atoms with Crippen LogP contribution in [0.25, 0.3) is 0 Å². The summed E-state index contributed by atoms with van der Waals surface area (Å²) < 4.78 is 0. The van der Waals surface area contributed by atoms with Gasteiger partial charge in [-0.15, -0.1) is 24.0 Å². The molecule has 0 aliphatic heterocycles. The first-order valence-corrected chi connectivity index (χ1v) is 9.35. The summed E-state index contributed by atoms with van der Waals surface area (Å²) in [5.74, 6) is 1.45. The van der Waals surface area contributed by atoms with E-state index in [1.807, 2.05) is 43.0 Å². The fourth-order valence-electron chi connectivity index (χ4n) is 2.32. The molecule has 1 rings (SSSR count). The minimum Gasteiger partial charge on any atom is -0.357 e. The standard InChI is InChI=1S/C20H34N4O.HI/c1-7-21-20(23-16(6)15(4)5)22-14-17-10-12-18(13-11-17)19(25)24(8-2)9-3;/h10-13,15-16H,7-9,14H2,1-6H3,(H2,21,22,23);1H. The van der Waals surface area contributed by atoms with E-state index in [2.05, 4.69) is 43.3 Å². The van der Waals surface area contributed by atoms with Gasteiger partial charge in [-0.2, -0.15) is 0 Å². The van der Waals surface area contributed by atoms with Crippen LogP contribution < -0.4 is 10.6 Å². The van der Waals surface area contributed by atoms with Crippen molar-refractivity contribution in [3.63, 3.8) is 0 Å². The Morgan fingerprint density at radius 2 is 1.65 bits per heavy atom. The normalized spacial score (nSPS) is 12.3. The molecular formula is C20H35IN4O. The number of aliphatic imine (C=N–C) groups is 1. The van der Waals surface area contributed by atoms with Crippen molar-refractivity contribution >= 4 is 35.8 Å². The van der Waals surface area contributed by atoms with E-state index in [0.717, 1.165) is 36.7 Å². The number of guanidine groups is 1. The lowest BCUT2D eigenvalue weighted by Crippen LogP contribution is -2.44. The summed E-state index contributed by atoms with van der Waals surface area (Å²) in [6.07, 6.45) is 0. The Balaban J connectivity index is 0.00000625. The SMILES string of the molecule is CCNC(=NCc1ccc(C(=O)N(CC)CC)cc1)NC(C)C(C)C.I. The van der Waals surface area contributed by atoms with Gasteiger partial charge in [-0.3, -0.25) is 4.79 Å². The molecule has 1 aromatic carbocycles. The minimum atomic E-state index is 0. The monoisotopic (exact) mass is 474 g/mol. The van der Waals surface area contributed by atoms with Crippen LogP contribution in [-0.4, -0.2) is 42.4 Å². The van der Waals surface area contributed by atoms with E-state index in [-0.39, 0.29) is 29.9 Å². The second kappa shape index (κ2) is 12.9. The first-order valence-electron chi connectivity index (χ1n) is 9.35. The van der Waals surface area contributed by atoms with Gasteiger partial charge in [-0.1, -0.05) is 26.0 Å². The van der Waals surface area contributed by atoms with Crippen molar-refractivity contribution in [2.24, 2.45) is 10.9 Å². The van der Waals surface area contributed by atoms with Crippen LogP contribution in [0.5, 0.6) is 0 Å². The van der Waals surface area contributed by atoms with Crippen LogP contribution in [0.4, 0.5) is 0 Å². The largest absolute Gasteiger partial charge is 0.357 e. The molecule has 5 nitrogen and oxygen atoms in total. The van der Waals surface area contributed by atoms with Crippen molar-refractivity contribution in [3.05, 3.63) is 35.4 Å². The molecule has 0 spiro atoms. The number of nitrogens with zero attached hydrogens (tertiary/aromatic N) is 2. The van der Waals surface area contributed by atoms with E-state index >= 15 is 0 Å². The van der Waals surface area contributed by atoms with Crippen molar-refractivity contribution in [2.75, 3.05) is 19.6 Å². The van der Waals surface area contributed by atoms with Gasteiger partial charge in [0.05, 0.1) is 6.54 Å². The Hall–Kier alpha value is -1.31. The van der Waals surface area contributed by atoms with Crippen LogP contribution in [0.3, 0.4) is 0 Å². The molecule has 0 saturated carbocycles. The fourth-order valence-corrected chi connectivity index (χ4v) is 2.32. The molecule has 6 heteroatoms. The molecule has 148 valence electrons. The number of rotatable bonds is 8. The van der Waals surface area contributed by atoms with Gasteiger partial charge in [0.2, 0.25) is 0 Å². The molecule has 26 heavy (non-hydrogen) atoms. The molecular weight excluding hydrogens is 439 g/mol. The lowest BCUT2D eigenvalue weighted by molar-refractivity contribution is 0.0773. The lowest BCUT2D eigenvalue weighted by atomic mass is 10.1. The third-order valence-corrected chi connectivity index (χ3v) is 4.38. The number of hydrogen-bond donors (Lipinski definition) is 2. The van der Waals surface area contributed by atoms with Crippen LogP contribution in [-0.2, 0) is 6.54 Å². The molecule has 1 unspecified atom stereocenters. The van der Waals surface area contributed by atoms with E-state index in [0.29, 0.717) is 18.5 Å². The zero-order chi connectivity index (χ0) is 18.8. The van der Waals surface area contributed by atoms with Gasteiger partial charge in [-0.05, 0) is 51.3 Å². The van der Waals surface area contributed by atoms with Gasteiger partial charge in [0.25, 0.3) is 5.91 Å². The predicted octanol–water partition coefficient (Wildman–Crippen LogP) is 3.89. The highest BCUT2D eigenvalue weighted by molar-refractivity contribution is 14.0. The van der Waals surface area contributed by atoms with E-state index < -0.39 is 0 Å². The van der Waals surface area contributed by atoms with E-state index in [1.165, 1.54) is 0 Å². The maximum absolute atomic E-state index is 12.3. The lowest BCUT2D eigenvalue weighted by Gasteiger charge is -2.20. The van der Waals surface area contributed by atoms with E-state index in [4.69, 9.17) is 0 Å². The molecule has 2 N–H and O–H groups in total. The maximum Gasteiger partial charge on any atom is 0.253 e. The van der Waals surface area contributed by atoms with Crippen LogP contribution in [0, 0.1) is 5.92 Å². The van der Waals surface area contributed by atoms with Gasteiger partial charge in [0, 0.05) is 31.2 Å². The molecule has 1 amide bonds. The molecule has 1 atom stereocenters. The number of hydrogen-bond acceptors (Lipinski definition) is 2. The van der Waals surface area contributed by atoms with Crippen LogP contribution in [0.15, 0.2) is 29.3 Å². The van der Waals surface area contributed by atoms with Gasteiger partial charge in [0.15, 0.2) is 5.96 Å². The molecule has 0 saturated heterocycles. The fraction of sp³-hybridized carbons (Fsp3) is 0.600. The first-order chi connectivity index (χ1) is 11.9. The predicted molar refractivity (Wildman–Crippen MR) is 121 cm³/mol. The molecule has 0 aliphatic carbocycles. The van der Waals surface area contributed by atoms with Crippen molar-refractivity contribution < 1.29 is 4.79 Å². The second-order valence-corrected chi connectivity index (χ2v) is 6.55. The summed E-state index contributed by atoms with van der Waals surface area (Å²) >= 11 is 0. The third kappa shape index (κ3) is 7.93. The summed E-state index contributed by atoms with van der Waals surface area (Å²) in [6.45, 7) is 15.5. The van der Waals surface area contributed by atoms with Crippen LogP contribution in [0.2, 0.25) is 0 Å². The number of carbonyl (C=O) groups excluding carboxylic acids is 1. The Labute approximate surface area is 176 Å². The van der Waals surface area contributed by atoms with E-state index in [9.17, 15) is 4.79 Å². The average molecular weight is 474 g/mol. The van der Waals surface area contributed by atoms with Gasteiger partial charge in [-0.25, -0.2) is 4.99 Å². The molecule has 0 aliphatic rings. The first kappa shape index (κ1) is 24.7. The Morgan fingerprint density at radius 3 is 2.12 bits per heavy atom. The van der Waals surface area contributed by atoms with Crippen molar-refractivity contribution in [1.82, 2.24) is 15.5 Å². The van der Waals surface area contributed by atoms with Gasteiger partial charge < -0.3 is 15.5 Å². The topological polar surface area (TPSA) is 56.7 Å². The highest BCUT2D eigenvalue weighted by Gasteiger charge is 2.12. The van der Waals surface area contributed by atoms with Crippen molar-refractivity contribution in [2.45, 2.75) is 54.1 Å². The van der Waals surface area contributed by atoms with Crippen molar-refractivity contribution in [1.29, 1.82) is 0 Å². The molecule has 0 aromatic heterocycles. The molecule has 0 radical (unpaired) electrons. The maximum atomic E-state index is 12.3. The van der Waals surface area contributed by atoms with E-state index in [1.54, 1.807) is 0 Å². The summed E-state index contributed by atoms with van der Waals surface area (Å²) in [7, 11) is 0. The summed E-state index contributed by atoms with van der Waals surface area (Å²) in [5.41, 5.74) is 1.82. The quantitative estimate of drug-likeness (QED) is 0.342. The zero-order valence-corrected chi connectivity index (χ0v) is 19.3. The zero-order valence-electron chi connectivity index (χ0n) is 17.0. The Bertz CT molecular complexity index is 553. The molecule has 1 aromatic rings. The smallest absolute Gasteiger partial charge is 0.253 e. The van der Waals surface area contributed by atoms with Gasteiger partial charge >= 0.3 is 0 Å². The average Bonchev–Trinajstić information content (AvgIpc) is 2.61. The number of benzene rings is 1. The molecule has 0 heterocycles. The van der Waals surface area contributed by atoms with Crippen LogP contribution >= 0.6 is 24.0 Å². The summed E-state index contributed by atoms with van der Waals surface area (Å²) in [6, 6.07) is 8.10. The highest BCUT2D eigenvalue weighted by Crippen LogP contribution is 2.09. The van der Waals surface area contributed by atoms with Crippen LogP contribution in [0.1, 0.15) is 57.5 Å². The van der Waals surface area contributed by atoms with Gasteiger partial charge in [0.1, 0.15) is 0 Å². The van der Waals surface area contributed by atoms with Crippen molar-refractivity contribution in [3.8, 4) is 0 Å². The number of halogens is 1.